The van der Waals surface area contributed by atoms with Gasteiger partial charge in [-0.25, -0.2) is 0 Å². The van der Waals surface area contributed by atoms with Crippen LogP contribution in [0.15, 0.2) is 24.3 Å². The highest BCUT2D eigenvalue weighted by atomic mass is 19.4. The summed E-state index contributed by atoms with van der Waals surface area (Å²) in [6.45, 7) is 3.15. The van der Waals surface area contributed by atoms with Gasteiger partial charge in [-0.2, -0.15) is 0 Å². The van der Waals surface area contributed by atoms with Gasteiger partial charge in [-0.1, -0.05) is 32.0 Å². The molecule has 140 valence electrons. The molecule has 0 saturated heterocycles. The normalized spacial score (nSPS) is 12.6. The number of amides is 2. The summed E-state index contributed by atoms with van der Waals surface area (Å²) < 4.78 is 41.2. The molecule has 0 unspecified atom stereocenters. The summed E-state index contributed by atoms with van der Waals surface area (Å²) in [4.78, 5) is 25.0. The van der Waals surface area contributed by atoms with Crippen LogP contribution in [-0.2, 0) is 16.1 Å². The lowest BCUT2D eigenvalue weighted by Gasteiger charge is -2.21. The van der Waals surface area contributed by atoms with Crippen molar-refractivity contribution in [3.63, 3.8) is 0 Å². The smallest absolute Gasteiger partial charge is 0.405 e. The van der Waals surface area contributed by atoms with Crippen LogP contribution in [0.25, 0.3) is 0 Å². The van der Waals surface area contributed by atoms with E-state index < -0.39 is 24.2 Å². The van der Waals surface area contributed by atoms with Gasteiger partial charge in [0.25, 0.3) is 0 Å². The number of nitrogens with two attached hydrogens (primary N) is 1. The largest absolute Gasteiger partial charge is 0.573 e. The van der Waals surface area contributed by atoms with E-state index in [4.69, 9.17) is 5.73 Å². The molecule has 0 bridgehead atoms. The number of carbonyl (C=O) groups is 2. The molecule has 0 aliphatic heterocycles. The van der Waals surface area contributed by atoms with Gasteiger partial charge in [0.1, 0.15) is 5.75 Å². The van der Waals surface area contributed by atoms with Gasteiger partial charge in [-0.3, -0.25) is 9.59 Å². The first-order chi connectivity index (χ1) is 11.5. The molecule has 0 aliphatic carbocycles. The Kier molecular flexibility index (Phi) is 7.22. The molecule has 0 aromatic heterocycles. The number of likely N-dealkylation sites (N-methyl/N-ethyl adjacent to an activating group) is 1. The van der Waals surface area contributed by atoms with Crippen LogP contribution in [0.3, 0.4) is 0 Å². The fourth-order valence-corrected chi connectivity index (χ4v) is 1.92. The van der Waals surface area contributed by atoms with Crippen LogP contribution in [0, 0.1) is 5.92 Å². The number of nitrogens with one attached hydrogen (secondary N) is 1. The SMILES string of the molecule is CC(C)[C@H](N)C(=O)NCC(=O)N(C)Cc1ccccc1OC(F)(F)F. The number of hydrogen-bond donors (Lipinski definition) is 2. The molecule has 0 saturated carbocycles. The van der Waals surface area contributed by atoms with E-state index in [0.29, 0.717) is 0 Å². The fraction of sp³-hybridized carbons (Fsp3) is 0.500. The Balaban J connectivity index is 2.66. The summed E-state index contributed by atoms with van der Waals surface area (Å²) in [6.07, 6.45) is -4.82. The van der Waals surface area contributed by atoms with Gasteiger partial charge in [0.05, 0.1) is 12.6 Å². The summed E-state index contributed by atoms with van der Waals surface area (Å²) in [7, 11) is 1.42. The van der Waals surface area contributed by atoms with Crippen molar-refractivity contribution in [2.75, 3.05) is 13.6 Å². The third kappa shape index (κ3) is 7.00. The van der Waals surface area contributed by atoms with E-state index in [2.05, 4.69) is 10.1 Å². The van der Waals surface area contributed by atoms with E-state index >= 15 is 0 Å². The van der Waals surface area contributed by atoms with E-state index in [1.54, 1.807) is 19.9 Å². The standard InChI is InChI=1S/C16H22F3N3O3/c1-10(2)14(20)15(24)21-8-13(23)22(3)9-11-6-4-5-7-12(11)25-16(17,18)19/h4-7,10,14H,8-9,20H2,1-3H3,(H,21,24)/t14-/m0/s1. The van der Waals surface area contributed by atoms with Gasteiger partial charge in [0, 0.05) is 19.2 Å². The molecule has 6 nitrogen and oxygen atoms in total. The average molecular weight is 361 g/mol. The quantitative estimate of drug-likeness (QED) is 0.773. The monoisotopic (exact) mass is 361 g/mol. The van der Waals surface area contributed by atoms with Crippen LogP contribution in [0.5, 0.6) is 5.75 Å². The Hall–Kier alpha value is -2.29. The second-order valence-electron chi connectivity index (χ2n) is 5.89. The first kappa shape index (κ1) is 20.8. The number of nitrogens with zero attached hydrogens (tertiary/aromatic N) is 1. The van der Waals surface area contributed by atoms with Crippen molar-refractivity contribution in [3.8, 4) is 5.75 Å². The first-order valence-electron chi connectivity index (χ1n) is 7.62. The van der Waals surface area contributed by atoms with Gasteiger partial charge < -0.3 is 20.7 Å². The third-order valence-corrected chi connectivity index (χ3v) is 3.47. The van der Waals surface area contributed by atoms with E-state index in [1.165, 1.54) is 30.1 Å². The van der Waals surface area contributed by atoms with Crippen LogP contribution in [-0.4, -0.2) is 42.7 Å². The molecule has 1 rings (SSSR count). The topological polar surface area (TPSA) is 84.7 Å². The van der Waals surface area contributed by atoms with Gasteiger partial charge in [-0.05, 0) is 12.0 Å². The van der Waals surface area contributed by atoms with E-state index in [-0.39, 0.29) is 30.3 Å². The van der Waals surface area contributed by atoms with Crippen molar-refractivity contribution in [2.24, 2.45) is 11.7 Å². The molecule has 2 amide bonds. The van der Waals surface area contributed by atoms with Crippen LogP contribution < -0.4 is 15.8 Å². The number of para-hydroxylation sites is 1. The Morgan fingerprint density at radius 3 is 2.44 bits per heavy atom. The number of hydrogen-bond acceptors (Lipinski definition) is 4. The molecule has 0 spiro atoms. The summed E-state index contributed by atoms with van der Waals surface area (Å²) in [5.74, 6) is -1.39. The zero-order valence-corrected chi connectivity index (χ0v) is 14.3. The predicted octanol–water partition coefficient (Wildman–Crippen LogP) is 1.64. The molecule has 0 heterocycles. The van der Waals surface area contributed by atoms with Crippen molar-refractivity contribution < 1.29 is 27.5 Å². The van der Waals surface area contributed by atoms with E-state index in [0.717, 1.165) is 0 Å². The first-order valence-corrected chi connectivity index (χ1v) is 7.62. The Labute approximate surface area is 144 Å². The van der Waals surface area contributed by atoms with Crippen molar-refractivity contribution in [1.29, 1.82) is 0 Å². The highest BCUT2D eigenvalue weighted by Crippen LogP contribution is 2.26. The second-order valence-corrected chi connectivity index (χ2v) is 5.89. The molecule has 0 radical (unpaired) electrons. The second kappa shape index (κ2) is 8.70. The number of alkyl halides is 3. The zero-order chi connectivity index (χ0) is 19.2. The molecule has 1 aromatic rings. The molecule has 1 aromatic carbocycles. The molecular formula is C16H22F3N3O3. The maximum Gasteiger partial charge on any atom is 0.573 e. The lowest BCUT2D eigenvalue weighted by atomic mass is 10.1. The number of benzene rings is 1. The fourth-order valence-electron chi connectivity index (χ4n) is 1.92. The van der Waals surface area contributed by atoms with Gasteiger partial charge in [-0.15, -0.1) is 13.2 Å². The predicted molar refractivity (Wildman–Crippen MR) is 85.4 cm³/mol. The van der Waals surface area contributed by atoms with Gasteiger partial charge in [0.2, 0.25) is 11.8 Å². The van der Waals surface area contributed by atoms with Gasteiger partial charge in [0.15, 0.2) is 0 Å². The van der Waals surface area contributed by atoms with E-state index in [9.17, 15) is 22.8 Å². The van der Waals surface area contributed by atoms with Crippen molar-refractivity contribution in [1.82, 2.24) is 10.2 Å². The number of halogens is 3. The van der Waals surface area contributed by atoms with Crippen molar-refractivity contribution in [2.45, 2.75) is 32.8 Å². The maximum absolute atomic E-state index is 12.4. The number of carbonyl (C=O) groups excluding carboxylic acids is 2. The highest BCUT2D eigenvalue weighted by molar-refractivity contribution is 5.87. The minimum absolute atomic E-state index is 0.0841. The summed E-state index contributed by atoms with van der Waals surface area (Å²) in [5, 5.41) is 2.42. The zero-order valence-electron chi connectivity index (χ0n) is 14.3. The Morgan fingerprint density at radius 1 is 1.28 bits per heavy atom. The van der Waals surface area contributed by atoms with E-state index in [1.807, 2.05) is 0 Å². The molecule has 0 aliphatic rings. The van der Waals surface area contributed by atoms with Crippen LogP contribution in [0.4, 0.5) is 13.2 Å². The lowest BCUT2D eigenvalue weighted by Crippen LogP contribution is -2.47. The Bertz CT molecular complexity index is 606. The molecule has 0 fully saturated rings. The molecule has 25 heavy (non-hydrogen) atoms. The van der Waals surface area contributed by atoms with Crippen LogP contribution in [0.1, 0.15) is 19.4 Å². The summed E-state index contributed by atoms with van der Waals surface area (Å²) >= 11 is 0. The summed E-state index contributed by atoms with van der Waals surface area (Å²) in [6, 6.07) is 4.81. The minimum Gasteiger partial charge on any atom is -0.405 e. The minimum atomic E-state index is -4.82. The van der Waals surface area contributed by atoms with Crippen molar-refractivity contribution >= 4 is 11.8 Å². The van der Waals surface area contributed by atoms with Crippen LogP contribution in [0.2, 0.25) is 0 Å². The van der Waals surface area contributed by atoms with Crippen molar-refractivity contribution in [3.05, 3.63) is 29.8 Å². The molecule has 1 atom stereocenters. The number of rotatable bonds is 7. The highest BCUT2D eigenvalue weighted by Gasteiger charge is 2.32. The third-order valence-electron chi connectivity index (χ3n) is 3.47. The maximum atomic E-state index is 12.4. The lowest BCUT2D eigenvalue weighted by molar-refractivity contribution is -0.275. The molecular weight excluding hydrogens is 339 g/mol. The number of ether oxygens (including phenoxy) is 1. The van der Waals surface area contributed by atoms with Gasteiger partial charge >= 0.3 is 6.36 Å². The average Bonchev–Trinajstić information content (AvgIpc) is 2.51. The summed E-state index contributed by atoms with van der Waals surface area (Å²) in [5.41, 5.74) is 5.86. The van der Waals surface area contributed by atoms with Crippen LogP contribution >= 0.6 is 0 Å². The molecule has 9 heteroatoms. The molecule has 3 N–H and O–H groups in total. The Morgan fingerprint density at radius 2 is 1.88 bits per heavy atom.